The third-order valence-corrected chi connectivity index (χ3v) is 3.20. The first-order chi connectivity index (χ1) is 9.61. The number of carbonyl (C=O) groups is 2. The van der Waals surface area contributed by atoms with Gasteiger partial charge in [0.25, 0.3) is 5.91 Å². The molecule has 0 bridgehead atoms. The lowest BCUT2D eigenvalue weighted by atomic mass is 10.2. The van der Waals surface area contributed by atoms with Gasteiger partial charge in [-0.3, -0.25) is 9.59 Å². The molecule has 108 valence electrons. The van der Waals surface area contributed by atoms with Gasteiger partial charge >= 0.3 is 6.03 Å². The molecule has 1 aromatic rings. The highest BCUT2D eigenvalue weighted by Gasteiger charge is 2.24. The Morgan fingerprint density at radius 1 is 1.25 bits per heavy atom. The summed E-state index contributed by atoms with van der Waals surface area (Å²) in [5, 5.41) is 2.74. The van der Waals surface area contributed by atoms with E-state index in [2.05, 4.69) is 10.3 Å². The van der Waals surface area contributed by atoms with E-state index in [0.717, 1.165) is 0 Å². The van der Waals surface area contributed by atoms with Gasteiger partial charge in [-0.2, -0.15) is 0 Å². The summed E-state index contributed by atoms with van der Waals surface area (Å²) >= 11 is 0. The normalized spacial score (nSPS) is 15.1. The Kier molecular flexibility index (Phi) is 4.39. The van der Waals surface area contributed by atoms with Crippen LogP contribution < -0.4 is 10.9 Å². The van der Waals surface area contributed by atoms with Crippen LogP contribution in [0, 0.1) is 0 Å². The van der Waals surface area contributed by atoms with Gasteiger partial charge in [0.1, 0.15) is 0 Å². The number of H-pyrrole nitrogens is 1. The van der Waals surface area contributed by atoms with Gasteiger partial charge < -0.3 is 20.1 Å². The number of rotatable bonds is 2. The zero-order valence-corrected chi connectivity index (χ0v) is 11.4. The van der Waals surface area contributed by atoms with Crippen LogP contribution in [0.2, 0.25) is 0 Å². The molecule has 0 unspecified atom stereocenters. The molecule has 0 atom stereocenters. The quantitative estimate of drug-likeness (QED) is 0.789. The van der Waals surface area contributed by atoms with Crippen molar-refractivity contribution in [3.63, 3.8) is 0 Å². The molecule has 1 aromatic heterocycles. The minimum absolute atomic E-state index is 0.101. The number of pyridine rings is 1. The number of piperazine rings is 1. The summed E-state index contributed by atoms with van der Waals surface area (Å²) in [4.78, 5) is 40.9. The van der Waals surface area contributed by atoms with Crippen molar-refractivity contribution in [2.75, 3.05) is 32.7 Å². The SMILES string of the molecule is CCNC(=O)N1CCN(C(=O)c2cc[nH]c(=O)c2)CC1. The molecular weight excluding hydrogens is 260 g/mol. The Hall–Kier alpha value is -2.31. The molecule has 2 heterocycles. The van der Waals surface area contributed by atoms with E-state index in [9.17, 15) is 14.4 Å². The minimum atomic E-state index is -0.295. The second-order valence-electron chi connectivity index (χ2n) is 4.56. The summed E-state index contributed by atoms with van der Waals surface area (Å²) in [6, 6.07) is 2.77. The maximum Gasteiger partial charge on any atom is 0.317 e. The molecule has 0 radical (unpaired) electrons. The summed E-state index contributed by atoms with van der Waals surface area (Å²) in [5.74, 6) is -0.174. The highest BCUT2D eigenvalue weighted by molar-refractivity contribution is 5.94. The van der Waals surface area contributed by atoms with E-state index < -0.39 is 0 Å². The molecule has 0 saturated carbocycles. The fraction of sp³-hybridized carbons (Fsp3) is 0.462. The molecule has 1 saturated heterocycles. The monoisotopic (exact) mass is 278 g/mol. The predicted molar refractivity (Wildman–Crippen MR) is 73.6 cm³/mol. The number of hydrogen-bond donors (Lipinski definition) is 2. The number of carbonyl (C=O) groups excluding carboxylic acids is 2. The number of nitrogens with one attached hydrogen (secondary N) is 2. The molecular formula is C13H18N4O3. The Balaban J connectivity index is 1.95. The summed E-state index contributed by atoms with van der Waals surface area (Å²) in [7, 11) is 0. The molecule has 3 amide bonds. The second kappa shape index (κ2) is 6.23. The third kappa shape index (κ3) is 3.17. The maximum absolute atomic E-state index is 12.2. The van der Waals surface area contributed by atoms with Gasteiger partial charge in [-0.25, -0.2) is 4.79 Å². The lowest BCUT2D eigenvalue weighted by molar-refractivity contribution is 0.0665. The van der Waals surface area contributed by atoms with E-state index in [0.29, 0.717) is 38.3 Å². The van der Waals surface area contributed by atoms with Crippen molar-refractivity contribution < 1.29 is 9.59 Å². The molecule has 7 nitrogen and oxygen atoms in total. The number of hydrogen-bond acceptors (Lipinski definition) is 3. The number of amides is 3. The number of urea groups is 1. The van der Waals surface area contributed by atoms with Crippen LogP contribution in [0.5, 0.6) is 0 Å². The largest absolute Gasteiger partial charge is 0.338 e. The molecule has 0 aromatic carbocycles. The molecule has 1 aliphatic heterocycles. The van der Waals surface area contributed by atoms with Crippen LogP contribution in [0.25, 0.3) is 0 Å². The Labute approximate surface area is 116 Å². The lowest BCUT2D eigenvalue weighted by Gasteiger charge is -2.34. The van der Waals surface area contributed by atoms with Gasteiger partial charge in [-0.15, -0.1) is 0 Å². The van der Waals surface area contributed by atoms with Crippen molar-refractivity contribution in [3.05, 3.63) is 34.2 Å². The summed E-state index contributed by atoms with van der Waals surface area (Å²) in [5.41, 5.74) is 0.0806. The minimum Gasteiger partial charge on any atom is -0.338 e. The van der Waals surface area contributed by atoms with Crippen LogP contribution >= 0.6 is 0 Å². The summed E-state index contributed by atoms with van der Waals surface area (Å²) in [6.45, 7) is 4.41. The average molecular weight is 278 g/mol. The first kappa shape index (κ1) is 14.1. The van der Waals surface area contributed by atoms with E-state index in [1.54, 1.807) is 15.9 Å². The molecule has 20 heavy (non-hydrogen) atoms. The molecule has 0 aliphatic carbocycles. The third-order valence-electron chi connectivity index (χ3n) is 3.20. The molecule has 1 fully saturated rings. The zero-order chi connectivity index (χ0) is 14.5. The van der Waals surface area contributed by atoms with E-state index in [1.807, 2.05) is 6.92 Å². The Bertz CT molecular complexity index is 547. The van der Waals surface area contributed by atoms with Gasteiger partial charge in [-0.1, -0.05) is 0 Å². The summed E-state index contributed by atoms with van der Waals surface area (Å²) in [6.07, 6.45) is 1.46. The average Bonchev–Trinajstić information content (AvgIpc) is 2.47. The van der Waals surface area contributed by atoms with Gasteiger partial charge in [0, 0.05) is 50.6 Å². The molecule has 2 rings (SSSR count). The second-order valence-corrected chi connectivity index (χ2v) is 4.56. The smallest absolute Gasteiger partial charge is 0.317 e. The van der Waals surface area contributed by atoms with Crippen molar-refractivity contribution in [2.45, 2.75) is 6.92 Å². The molecule has 0 spiro atoms. The van der Waals surface area contributed by atoms with Crippen molar-refractivity contribution in [2.24, 2.45) is 0 Å². The van der Waals surface area contributed by atoms with E-state index in [-0.39, 0.29) is 17.5 Å². The highest BCUT2D eigenvalue weighted by atomic mass is 16.2. The molecule has 2 N–H and O–H groups in total. The highest BCUT2D eigenvalue weighted by Crippen LogP contribution is 2.07. The predicted octanol–water partition coefficient (Wildman–Crippen LogP) is -0.138. The number of aromatic amines is 1. The van der Waals surface area contributed by atoms with Gasteiger partial charge in [0.15, 0.2) is 0 Å². The van der Waals surface area contributed by atoms with E-state index in [4.69, 9.17) is 0 Å². The van der Waals surface area contributed by atoms with Crippen LogP contribution in [0.4, 0.5) is 4.79 Å². The zero-order valence-electron chi connectivity index (χ0n) is 11.4. The number of aromatic nitrogens is 1. The van der Waals surface area contributed by atoms with Crippen LogP contribution in [0.15, 0.2) is 23.1 Å². The van der Waals surface area contributed by atoms with Crippen LogP contribution in [0.1, 0.15) is 17.3 Å². The lowest BCUT2D eigenvalue weighted by Crippen LogP contribution is -2.53. The first-order valence-electron chi connectivity index (χ1n) is 6.62. The van der Waals surface area contributed by atoms with Crippen molar-refractivity contribution in [1.82, 2.24) is 20.1 Å². The van der Waals surface area contributed by atoms with Crippen LogP contribution in [-0.2, 0) is 0 Å². The van der Waals surface area contributed by atoms with Crippen molar-refractivity contribution in [3.8, 4) is 0 Å². The summed E-state index contributed by atoms with van der Waals surface area (Å²) < 4.78 is 0. The van der Waals surface area contributed by atoms with Gasteiger partial charge in [0.2, 0.25) is 5.56 Å². The van der Waals surface area contributed by atoms with Gasteiger partial charge in [0.05, 0.1) is 0 Å². The molecule has 7 heteroatoms. The fourth-order valence-corrected chi connectivity index (χ4v) is 2.14. The Morgan fingerprint density at radius 3 is 2.50 bits per heavy atom. The fourth-order valence-electron chi connectivity index (χ4n) is 2.14. The van der Waals surface area contributed by atoms with Crippen molar-refractivity contribution in [1.29, 1.82) is 0 Å². The maximum atomic E-state index is 12.2. The standard InChI is InChI=1S/C13H18N4O3/c1-2-14-13(20)17-7-5-16(6-8-17)12(19)10-3-4-15-11(18)9-10/h3-4,9H,2,5-8H2,1H3,(H,14,20)(H,15,18). The first-order valence-corrected chi connectivity index (χ1v) is 6.62. The topological polar surface area (TPSA) is 85.5 Å². The number of nitrogens with zero attached hydrogens (tertiary/aromatic N) is 2. The van der Waals surface area contributed by atoms with Crippen LogP contribution in [-0.4, -0.2) is 59.4 Å². The van der Waals surface area contributed by atoms with Gasteiger partial charge in [-0.05, 0) is 13.0 Å². The van der Waals surface area contributed by atoms with Crippen LogP contribution in [0.3, 0.4) is 0 Å². The Morgan fingerprint density at radius 2 is 1.90 bits per heavy atom. The molecule has 1 aliphatic rings. The van der Waals surface area contributed by atoms with E-state index >= 15 is 0 Å². The van der Waals surface area contributed by atoms with E-state index in [1.165, 1.54) is 12.3 Å². The van der Waals surface area contributed by atoms with Crippen molar-refractivity contribution >= 4 is 11.9 Å².